The van der Waals surface area contributed by atoms with Crippen LogP contribution in [0, 0.1) is 0 Å². The highest BCUT2D eigenvalue weighted by atomic mass is 15.0. The predicted molar refractivity (Wildman–Crippen MR) is 52.4 cm³/mol. The lowest BCUT2D eigenvalue weighted by Gasteiger charge is -2.00. The average molecular weight is 176 g/mol. The maximum atomic E-state index is 5.68. The highest BCUT2D eigenvalue weighted by Gasteiger charge is 2.01. The van der Waals surface area contributed by atoms with E-state index in [-0.39, 0.29) is 0 Å². The number of nitrogens with two attached hydrogens (primary N) is 1. The number of pyridine rings is 1. The van der Waals surface area contributed by atoms with Crippen molar-refractivity contribution in [2.24, 2.45) is 0 Å². The summed E-state index contributed by atoms with van der Waals surface area (Å²) in [7, 11) is 1.90. The van der Waals surface area contributed by atoms with Crippen LogP contribution in [0.4, 0.5) is 5.69 Å². The minimum atomic E-state index is 0.748. The molecule has 4 heteroatoms. The van der Waals surface area contributed by atoms with E-state index >= 15 is 0 Å². The topological polar surface area (TPSA) is 55.3 Å². The van der Waals surface area contributed by atoms with Gasteiger partial charge in [0.15, 0.2) is 0 Å². The van der Waals surface area contributed by atoms with Crippen molar-refractivity contribution in [3.63, 3.8) is 0 Å². The molecule has 3 N–H and O–H groups in total. The van der Waals surface area contributed by atoms with Crippen molar-refractivity contribution in [3.8, 4) is 0 Å². The number of nitrogens with one attached hydrogen (secondary N) is 1. The Bertz CT molecular complexity index is 418. The van der Waals surface area contributed by atoms with Crippen LogP contribution in [0.15, 0.2) is 24.5 Å². The molecule has 0 unspecified atom stereocenters. The van der Waals surface area contributed by atoms with E-state index in [0.717, 1.165) is 23.6 Å². The molecular formula is C9H12N4. The van der Waals surface area contributed by atoms with Crippen molar-refractivity contribution in [1.82, 2.24) is 14.7 Å². The molecule has 0 amide bonds. The van der Waals surface area contributed by atoms with E-state index in [0.29, 0.717) is 0 Å². The van der Waals surface area contributed by atoms with Crippen LogP contribution in [0.25, 0.3) is 5.52 Å². The fraction of sp³-hybridized carbons (Fsp3) is 0.222. The number of nitrogen functional groups attached to an aromatic ring is 1. The molecule has 0 radical (unpaired) electrons. The van der Waals surface area contributed by atoms with Crippen LogP contribution >= 0.6 is 0 Å². The third-order valence-electron chi connectivity index (χ3n) is 1.96. The Morgan fingerprint density at radius 1 is 1.54 bits per heavy atom. The Kier molecular flexibility index (Phi) is 1.90. The number of hydrogen-bond acceptors (Lipinski definition) is 3. The molecule has 0 aromatic carbocycles. The third kappa shape index (κ3) is 1.36. The smallest absolute Gasteiger partial charge is 0.127 e. The van der Waals surface area contributed by atoms with Gasteiger partial charge in [-0.2, -0.15) is 0 Å². The van der Waals surface area contributed by atoms with Crippen molar-refractivity contribution in [1.29, 1.82) is 0 Å². The fourth-order valence-electron chi connectivity index (χ4n) is 1.35. The van der Waals surface area contributed by atoms with Crippen LogP contribution in [0.2, 0.25) is 0 Å². The second-order valence-electron chi connectivity index (χ2n) is 2.96. The zero-order valence-electron chi connectivity index (χ0n) is 7.49. The first kappa shape index (κ1) is 8.07. The van der Waals surface area contributed by atoms with Gasteiger partial charge < -0.3 is 15.5 Å². The molecule has 0 saturated heterocycles. The van der Waals surface area contributed by atoms with Gasteiger partial charge in [-0.15, -0.1) is 0 Å². The molecule has 2 aromatic heterocycles. The minimum Gasteiger partial charge on any atom is -0.398 e. The van der Waals surface area contributed by atoms with Gasteiger partial charge in [0.1, 0.15) is 5.82 Å². The van der Waals surface area contributed by atoms with Crippen molar-refractivity contribution >= 4 is 11.2 Å². The summed E-state index contributed by atoms with van der Waals surface area (Å²) in [4.78, 5) is 4.27. The van der Waals surface area contributed by atoms with Gasteiger partial charge in [0.05, 0.1) is 18.3 Å². The van der Waals surface area contributed by atoms with E-state index in [1.54, 1.807) is 0 Å². The number of hydrogen-bond donors (Lipinski definition) is 2. The number of rotatable bonds is 2. The highest BCUT2D eigenvalue weighted by Crippen LogP contribution is 2.10. The van der Waals surface area contributed by atoms with Crippen LogP contribution < -0.4 is 11.1 Å². The summed E-state index contributed by atoms with van der Waals surface area (Å²) in [6.07, 6.45) is 3.72. The Labute approximate surface area is 76.4 Å². The molecule has 4 nitrogen and oxygen atoms in total. The fourth-order valence-corrected chi connectivity index (χ4v) is 1.35. The van der Waals surface area contributed by atoms with E-state index in [4.69, 9.17) is 5.73 Å². The monoisotopic (exact) mass is 176 g/mol. The van der Waals surface area contributed by atoms with E-state index in [1.807, 2.05) is 36.0 Å². The van der Waals surface area contributed by atoms with E-state index in [2.05, 4.69) is 10.3 Å². The number of nitrogens with zero attached hydrogens (tertiary/aromatic N) is 2. The molecule has 0 aliphatic carbocycles. The second kappa shape index (κ2) is 3.06. The molecule has 0 spiro atoms. The average Bonchev–Trinajstić information content (AvgIpc) is 2.49. The molecule has 2 rings (SSSR count). The largest absolute Gasteiger partial charge is 0.398 e. The number of fused-ring (bicyclic) bond motifs is 1. The summed E-state index contributed by atoms with van der Waals surface area (Å²) in [5, 5.41) is 3.06. The van der Waals surface area contributed by atoms with Gasteiger partial charge in [-0.3, -0.25) is 0 Å². The van der Waals surface area contributed by atoms with Crippen LogP contribution in [0.1, 0.15) is 5.82 Å². The highest BCUT2D eigenvalue weighted by molar-refractivity contribution is 5.52. The molecule has 0 aliphatic rings. The van der Waals surface area contributed by atoms with Crippen molar-refractivity contribution in [2.75, 3.05) is 12.8 Å². The van der Waals surface area contributed by atoms with Gasteiger partial charge in [-0.25, -0.2) is 4.98 Å². The summed E-state index contributed by atoms with van der Waals surface area (Å²) < 4.78 is 1.99. The van der Waals surface area contributed by atoms with Gasteiger partial charge in [0.25, 0.3) is 0 Å². The first-order valence-electron chi connectivity index (χ1n) is 4.17. The molecule has 2 aromatic rings. The molecule has 0 bridgehead atoms. The van der Waals surface area contributed by atoms with Gasteiger partial charge in [-0.05, 0) is 19.2 Å². The summed E-state index contributed by atoms with van der Waals surface area (Å²) in [5.74, 6) is 0.977. The van der Waals surface area contributed by atoms with Gasteiger partial charge in [-0.1, -0.05) is 0 Å². The van der Waals surface area contributed by atoms with E-state index in [1.165, 1.54) is 0 Å². The Hall–Kier alpha value is -1.55. The minimum absolute atomic E-state index is 0.748. The molecule has 0 fully saturated rings. The SMILES string of the molecule is CNCc1ncc2ccc(N)cn12. The Balaban J connectivity index is 2.58. The van der Waals surface area contributed by atoms with Crippen LogP contribution in [0.3, 0.4) is 0 Å². The second-order valence-corrected chi connectivity index (χ2v) is 2.96. The van der Waals surface area contributed by atoms with Crippen LogP contribution in [0.5, 0.6) is 0 Å². The standard InChI is InChI=1S/C9H12N4/c1-11-5-9-12-4-8-3-2-7(10)6-13(8)9/h2-4,6,11H,5,10H2,1H3. The van der Waals surface area contributed by atoms with Crippen LogP contribution in [-0.4, -0.2) is 16.4 Å². The Morgan fingerprint density at radius 2 is 2.38 bits per heavy atom. The lowest BCUT2D eigenvalue weighted by molar-refractivity contribution is 0.755. The van der Waals surface area contributed by atoms with E-state index in [9.17, 15) is 0 Å². The zero-order chi connectivity index (χ0) is 9.26. The van der Waals surface area contributed by atoms with Gasteiger partial charge >= 0.3 is 0 Å². The first-order chi connectivity index (χ1) is 6.31. The quantitative estimate of drug-likeness (QED) is 0.706. The number of imidazole rings is 1. The first-order valence-corrected chi connectivity index (χ1v) is 4.17. The number of aromatic nitrogens is 2. The molecule has 13 heavy (non-hydrogen) atoms. The van der Waals surface area contributed by atoms with E-state index < -0.39 is 0 Å². The molecule has 68 valence electrons. The van der Waals surface area contributed by atoms with Crippen molar-refractivity contribution in [3.05, 3.63) is 30.4 Å². The molecule has 0 saturated carbocycles. The maximum absolute atomic E-state index is 5.68. The van der Waals surface area contributed by atoms with Crippen LogP contribution in [-0.2, 0) is 6.54 Å². The lowest BCUT2D eigenvalue weighted by Crippen LogP contribution is -2.08. The van der Waals surface area contributed by atoms with Gasteiger partial charge in [0.2, 0.25) is 0 Å². The Morgan fingerprint density at radius 3 is 3.15 bits per heavy atom. The van der Waals surface area contributed by atoms with Gasteiger partial charge in [0, 0.05) is 11.9 Å². The molecule has 2 heterocycles. The maximum Gasteiger partial charge on any atom is 0.127 e. The summed E-state index contributed by atoms with van der Waals surface area (Å²) in [6.45, 7) is 0.748. The molecule has 0 aliphatic heterocycles. The number of anilines is 1. The van der Waals surface area contributed by atoms with Crippen molar-refractivity contribution in [2.45, 2.75) is 6.54 Å². The third-order valence-corrected chi connectivity index (χ3v) is 1.96. The lowest BCUT2D eigenvalue weighted by atomic mass is 10.4. The summed E-state index contributed by atoms with van der Waals surface area (Å²) in [5.41, 5.74) is 7.50. The zero-order valence-corrected chi connectivity index (χ0v) is 7.49. The normalized spacial score (nSPS) is 10.8. The molecular weight excluding hydrogens is 164 g/mol. The predicted octanol–water partition coefficient (Wildman–Crippen LogP) is 0.636. The molecule has 0 atom stereocenters. The summed E-state index contributed by atoms with van der Waals surface area (Å²) >= 11 is 0. The van der Waals surface area contributed by atoms with Crippen molar-refractivity contribution < 1.29 is 0 Å². The summed E-state index contributed by atoms with van der Waals surface area (Å²) in [6, 6.07) is 3.83.